The summed E-state index contributed by atoms with van der Waals surface area (Å²) in [5.41, 5.74) is 7.70. The minimum absolute atomic E-state index is 0.374. The first-order valence-electron chi connectivity index (χ1n) is 5.16. The highest BCUT2D eigenvalue weighted by Gasteiger charge is 2.04. The lowest BCUT2D eigenvalue weighted by atomic mass is 10.2. The molecule has 0 fully saturated rings. The Morgan fingerprint density at radius 2 is 1.83 bits per heavy atom. The van der Waals surface area contributed by atoms with Crippen LogP contribution in [0.15, 0.2) is 36.5 Å². The molecule has 86 valence electrons. The third-order valence-electron chi connectivity index (χ3n) is 2.31. The van der Waals surface area contributed by atoms with Gasteiger partial charge in [0.15, 0.2) is 0 Å². The number of nitrogens with zero attached hydrogens (tertiary/aromatic N) is 3. The molecule has 3 N–H and O–H groups in total. The van der Waals surface area contributed by atoms with E-state index in [0.29, 0.717) is 22.6 Å². The van der Waals surface area contributed by atoms with E-state index in [1.54, 1.807) is 30.3 Å². The van der Waals surface area contributed by atoms with Gasteiger partial charge in [0.05, 0.1) is 29.1 Å². The van der Waals surface area contributed by atoms with Crippen LogP contribution in [0.5, 0.6) is 0 Å². The molecule has 0 bridgehead atoms. The van der Waals surface area contributed by atoms with Crippen molar-refractivity contribution in [3.8, 4) is 12.1 Å². The minimum atomic E-state index is 0.374. The summed E-state index contributed by atoms with van der Waals surface area (Å²) in [4.78, 5) is 4.06. The van der Waals surface area contributed by atoms with Crippen LogP contribution in [-0.4, -0.2) is 4.98 Å². The summed E-state index contributed by atoms with van der Waals surface area (Å²) in [7, 11) is 0. The second-order valence-electron chi connectivity index (χ2n) is 3.59. The molecule has 1 aromatic heterocycles. The highest BCUT2D eigenvalue weighted by Crippen LogP contribution is 2.20. The Balaban J connectivity index is 2.29. The minimum Gasteiger partial charge on any atom is -0.397 e. The van der Waals surface area contributed by atoms with E-state index in [1.807, 2.05) is 12.1 Å². The average molecular weight is 235 g/mol. The number of anilines is 3. The molecule has 0 spiro atoms. The Bertz CT molecular complexity index is 647. The van der Waals surface area contributed by atoms with Crippen LogP contribution in [0.1, 0.15) is 11.1 Å². The fourth-order valence-electron chi connectivity index (χ4n) is 1.43. The van der Waals surface area contributed by atoms with E-state index in [2.05, 4.69) is 10.3 Å². The molecule has 0 aliphatic carbocycles. The number of hydrogen-bond donors (Lipinski definition) is 2. The molecule has 0 saturated heterocycles. The largest absolute Gasteiger partial charge is 0.397 e. The van der Waals surface area contributed by atoms with E-state index in [-0.39, 0.29) is 0 Å². The van der Waals surface area contributed by atoms with Crippen LogP contribution in [0, 0.1) is 22.7 Å². The Morgan fingerprint density at radius 1 is 1.11 bits per heavy atom. The van der Waals surface area contributed by atoms with Crippen LogP contribution in [0.25, 0.3) is 0 Å². The van der Waals surface area contributed by atoms with E-state index in [0.717, 1.165) is 5.69 Å². The van der Waals surface area contributed by atoms with Crippen molar-refractivity contribution in [1.29, 1.82) is 10.5 Å². The van der Waals surface area contributed by atoms with Crippen molar-refractivity contribution in [2.45, 2.75) is 0 Å². The van der Waals surface area contributed by atoms with Crippen molar-refractivity contribution in [2.75, 3.05) is 11.1 Å². The summed E-state index contributed by atoms with van der Waals surface area (Å²) < 4.78 is 0. The first-order chi connectivity index (χ1) is 8.72. The molecule has 5 heteroatoms. The zero-order valence-corrected chi connectivity index (χ0v) is 9.38. The van der Waals surface area contributed by atoms with Crippen LogP contribution in [0.3, 0.4) is 0 Å². The second-order valence-corrected chi connectivity index (χ2v) is 3.59. The van der Waals surface area contributed by atoms with Gasteiger partial charge in [0, 0.05) is 5.69 Å². The monoisotopic (exact) mass is 235 g/mol. The number of nitrogens with one attached hydrogen (secondary N) is 1. The number of benzene rings is 1. The molecule has 0 saturated carbocycles. The summed E-state index contributed by atoms with van der Waals surface area (Å²) in [5.74, 6) is 0.441. The third kappa shape index (κ3) is 2.37. The number of rotatable bonds is 2. The van der Waals surface area contributed by atoms with Gasteiger partial charge in [0.1, 0.15) is 11.9 Å². The van der Waals surface area contributed by atoms with E-state index in [1.165, 1.54) is 6.20 Å². The molecular weight excluding hydrogens is 226 g/mol. The molecule has 0 atom stereocenters. The van der Waals surface area contributed by atoms with Gasteiger partial charge in [-0.3, -0.25) is 0 Å². The first kappa shape index (κ1) is 11.4. The third-order valence-corrected chi connectivity index (χ3v) is 2.31. The molecule has 0 radical (unpaired) electrons. The molecule has 0 aliphatic rings. The van der Waals surface area contributed by atoms with E-state index < -0.39 is 0 Å². The maximum absolute atomic E-state index is 8.97. The standard InChI is InChI=1S/C13H9N5/c14-6-9-1-3-12(4-2-9)18-13-10(7-15)5-11(16)8-17-13/h1-5,8H,16H2,(H,17,18). The lowest BCUT2D eigenvalue weighted by Gasteiger charge is -2.07. The van der Waals surface area contributed by atoms with Crippen LogP contribution >= 0.6 is 0 Å². The van der Waals surface area contributed by atoms with Gasteiger partial charge in [-0.25, -0.2) is 4.98 Å². The number of pyridine rings is 1. The normalized spacial score (nSPS) is 9.22. The molecule has 0 aliphatic heterocycles. The van der Waals surface area contributed by atoms with Gasteiger partial charge in [-0.1, -0.05) is 0 Å². The zero-order valence-electron chi connectivity index (χ0n) is 9.38. The molecule has 5 nitrogen and oxygen atoms in total. The summed E-state index contributed by atoms with van der Waals surface area (Å²) in [5, 5.41) is 20.7. The van der Waals surface area contributed by atoms with Crippen molar-refractivity contribution in [1.82, 2.24) is 4.98 Å². The number of nitrogens with two attached hydrogens (primary N) is 1. The second kappa shape index (κ2) is 4.86. The number of aromatic nitrogens is 1. The van der Waals surface area contributed by atoms with E-state index in [9.17, 15) is 0 Å². The van der Waals surface area contributed by atoms with Gasteiger partial charge >= 0.3 is 0 Å². The summed E-state index contributed by atoms with van der Waals surface area (Å²) in [6.07, 6.45) is 1.48. The SMILES string of the molecule is N#Cc1ccc(Nc2ncc(N)cc2C#N)cc1. The predicted octanol–water partition coefficient (Wildman–Crippen LogP) is 2.15. The Hall–Kier alpha value is -3.05. The molecule has 2 rings (SSSR count). The lowest BCUT2D eigenvalue weighted by molar-refractivity contribution is 1.29. The highest BCUT2D eigenvalue weighted by molar-refractivity contribution is 5.65. The van der Waals surface area contributed by atoms with Crippen LogP contribution in [-0.2, 0) is 0 Å². The first-order valence-corrected chi connectivity index (χ1v) is 5.16. The molecule has 1 aromatic carbocycles. The van der Waals surface area contributed by atoms with Gasteiger partial charge in [-0.2, -0.15) is 10.5 Å². The molecule has 1 heterocycles. The zero-order chi connectivity index (χ0) is 13.0. The maximum Gasteiger partial charge on any atom is 0.148 e. The van der Waals surface area contributed by atoms with E-state index >= 15 is 0 Å². The van der Waals surface area contributed by atoms with Crippen molar-refractivity contribution < 1.29 is 0 Å². The smallest absolute Gasteiger partial charge is 0.148 e. The van der Waals surface area contributed by atoms with Gasteiger partial charge in [-0.05, 0) is 30.3 Å². The van der Waals surface area contributed by atoms with Crippen molar-refractivity contribution in [2.24, 2.45) is 0 Å². The van der Waals surface area contributed by atoms with Gasteiger partial charge in [0.2, 0.25) is 0 Å². The van der Waals surface area contributed by atoms with Crippen molar-refractivity contribution in [3.63, 3.8) is 0 Å². The molecule has 0 unspecified atom stereocenters. The van der Waals surface area contributed by atoms with Crippen LogP contribution < -0.4 is 11.1 Å². The molecule has 0 amide bonds. The van der Waals surface area contributed by atoms with Crippen LogP contribution in [0.2, 0.25) is 0 Å². The summed E-state index contributed by atoms with van der Waals surface area (Å²) in [6, 6.07) is 12.5. The van der Waals surface area contributed by atoms with Crippen molar-refractivity contribution >= 4 is 17.2 Å². The maximum atomic E-state index is 8.97. The summed E-state index contributed by atoms with van der Waals surface area (Å²) in [6.45, 7) is 0. The Morgan fingerprint density at radius 3 is 2.44 bits per heavy atom. The van der Waals surface area contributed by atoms with Gasteiger partial charge < -0.3 is 11.1 Å². The number of hydrogen-bond acceptors (Lipinski definition) is 5. The lowest BCUT2D eigenvalue weighted by Crippen LogP contribution is -1.98. The quantitative estimate of drug-likeness (QED) is 0.830. The fraction of sp³-hybridized carbons (Fsp3) is 0. The van der Waals surface area contributed by atoms with Gasteiger partial charge in [0.25, 0.3) is 0 Å². The Labute approximate surface area is 104 Å². The Kier molecular flexibility index (Phi) is 3.08. The van der Waals surface area contributed by atoms with Crippen LogP contribution in [0.4, 0.5) is 17.2 Å². The van der Waals surface area contributed by atoms with Gasteiger partial charge in [-0.15, -0.1) is 0 Å². The predicted molar refractivity (Wildman–Crippen MR) is 67.8 cm³/mol. The average Bonchev–Trinajstić information content (AvgIpc) is 2.41. The fourth-order valence-corrected chi connectivity index (χ4v) is 1.43. The number of nitrogen functional groups attached to an aromatic ring is 1. The molecule has 18 heavy (non-hydrogen) atoms. The van der Waals surface area contributed by atoms with Crippen molar-refractivity contribution in [3.05, 3.63) is 47.7 Å². The topological polar surface area (TPSA) is 98.5 Å². The number of nitriles is 2. The summed E-state index contributed by atoms with van der Waals surface area (Å²) >= 11 is 0. The molecule has 2 aromatic rings. The molecular formula is C13H9N5. The highest BCUT2D eigenvalue weighted by atomic mass is 15.0. The van der Waals surface area contributed by atoms with E-state index in [4.69, 9.17) is 16.3 Å².